The predicted molar refractivity (Wildman–Crippen MR) is 72.8 cm³/mol. The predicted octanol–water partition coefficient (Wildman–Crippen LogP) is 2.76. The first-order valence-electron chi connectivity index (χ1n) is 5.94. The van der Waals surface area contributed by atoms with Crippen LogP contribution in [0, 0.1) is 5.21 Å². The highest BCUT2D eigenvalue weighted by Crippen LogP contribution is 2.31. The first-order chi connectivity index (χ1) is 8.77. The molecule has 2 aromatic carbocycles. The smallest absolute Gasteiger partial charge is 0.265 e. The molecule has 0 fully saturated rings. The molecule has 90 valence electrons. The molecule has 0 radical (unpaired) electrons. The van der Waals surface area contributed by atoms with Gasteiger partial charge in [-0.15, -0.1) is 0 Å². The summed E-state index contributed by atoms with van der Waals surface area (Å²) in [6.45, 7) is 0. The third-order valence-electron chi connectivity index (χ3n) is 3.29. The van der Waals surface area contributed by atoms with Crippen molar-refractivity contribution in [3.05, 3.63) is 70.9 Å². The summed E-state index contributed by atoms with van der Waals surface area (Å²) in [5.41, 5.74) is 3.04. The Morgan fingerprint density at radius 1 is 1.00 bits per heavy atom. The Balaban J connectivity index is 2.10. The first kappa shape index (κ1) is 10.8. The fraction of sp³-hybridized carbons (Fsp3) is 0.133. The minimum Gasteiger partial charge on any atom is -0.622 e. The number of nitrogens with zero attached hydrogens (tertiary/aromatic N) is 2. The molecule has 1 atom stereocenters. The minimum absolute atomic E-state index is 0.291. The zero-order chi connectivity index (χ0) is 12.5. The van der Waals surface area contributed by atoms with E-state index in [9.17, 15) is 5.21 Å². The molecule has 3 nitrogen and oxygen atoms in total. The van der Waals surface area contributed by atoms with E-state index >= 15 is 0 Å². The van der Waals surface area contributed by atoms with Crippen LogP contribution >= 0.6 is 0 Å². The molecule has 0 saturated heterocycles. The average Bonchev–Trinajstić information content (AvgIpc) is 2.40. The molecule has 0 N–H and O–H groups in total. The average molecular weight is 238 g/mol. The number of anilines is 1. The van der Waals surface area contributed by atoms with Crippen molar-refractivity contribution in [2.45, 2.75) is 6.17 Å². The van der Waals surface area contributed by atoms with Crippen LogP contribution in [-0.2, 0) is 0 Å². The summed E-state index contributed by atoms with van der Waals surface area (Å²) in [4.78, 5) is 2.01. The molecule has 0 spiro atoms. The summed E-state index contributed by atoms with van der Waals surface area (Å²) in [5, 5.41) is 12.2. The fourth-order valence-electron chi connectivity index (χ4n) is 2.42. The number of fused-ring (bicyclic) bond motifs is 1. The van der Waals surface area contributed by atoms with Crippen molar-refractivity contribution in [1.82, 2.24) is 0 Å². The lowest BCUT2D eigenvalue weighted by atomic mass is 10.1. The Morgan fingerprint density at radius 2 is 1.67 bits per heavy atom. The fourth-order valence-corrected chi connectivity index (χ4v) is 2.42. The topological polar surface area (TPSA) is 29.3 Å². The quantitative estimate of drug-likeness (QED) is 0.564. The normalized spacial score (nSPS) is 18.2. The van der Waals surface area contributed by atoms with Gasteiger partial charge >= 0.3 is 0 Å². The largest absolute Gasteiger partial charge is 0.622 e. The summed E-state index contributed by atoms with van der Waals surface area (Å²) in [5.74, 6) is 0. The van der Waals surface area contributed by atoms with Gasteiger partial charge in [-0.1, -0.05) is 42.5 Å². The van der Waals surface area contributed by atoms with Crippen LogP contribution in [0.5, 0.6) is 0 Å². The summed E-state index contributed by atoms with van der Waals surface area (Å²) in [6, 6.07) is 17.8. The van der Waals surface area contributed by atoms with Crippen molar-refractivity contribution in [3.63, 3.8) is 0 Å². The van der Waals surface area contributed by atoms with E-state index in [-0.39, 0.29) is 6.17 Å². The molecule has 3 heteroatoms. The van der Waals surface area contributed by atoms with E-state index in [4.69, 9.17) is 0 Å². The lowest BCUT2D eigenvalue weighted by molar-refractivity contribution is -0.503. The summed E-state index contributed by atoms with van der Waals surface area (Å²) < 4.78 is 1.01. The SMILES string of the molecule is CN1c2ccccc2C=[N+]([O-])C1c1ccccc1. The summed E-state index contributed by atoms with van der Waals surface area (Å²) >= 11 is 0. The minimum atomic E-state index is -0.291. The Labute approximate surface area is 106 Å². The molecular formula is C15H14N2O. The zero-order valence-corrected chi connectivity index (χ0v) is 10.2. The maximum atomic E-state index is 12.2. The van der Waals surface area contributed by atoms with Gasteiger partial charge in [0.25, 0.3) is 6.17 Å². The second-order valence-corrected chi connectivity index (χ2v) is 4.44. The molecule has 0 saturated carbocycles. The van der Waals surface area contributed by atoms with Gasteiger partial charge in [0.15, 0.2) is 6.21 Å². The molecule has 0 aromatic heterocycles. The molecule has 1 unspecified atom stereocenters. The second-order valence-electron chi connectivity index (χ2n) is 4.44. The molecule has 0 bridgehead atoms. The van der Waals surface area contributed by atoms with Gasteiger partial charge in [0.2, 0.25) is 0 Å². The van der Waals surface area contributed by atoms with Crippen LogP contribution in [0.2, 0.25) is 0 Å². The van der Waals surface area contributed by atoms with Crippen molar-refractivity contribution in [2.24, 2.45) is 0 Å². The number of benzene rings is 2. The van der Waals surface area contributed by atoms with E-state index in [1.54, 1.807) is 6.21 Å². The molecule has 0 aliphatic carbocycles. The highest BCUT2D eigenvalue weighted by Gasteiger charge is 2.29. The Hall–Kier alpha value is -2.29. The van der Waals surface area contributed by atoms with Gasteiger partial charge in [-0.2, -0.15) is 4.74 Å². The van der Waals surface area contributed by atoms with Gasteiger partial charge in [0, 0.05) is 12.6 Å². The zero-order valence-electron chi connectivity index (χ0n) is 10.2. The van der Waals surface area contributed by atoms with Crippen LogP contribution < -0.4 is 4.90 Å². The Morgan fingerprint density at radius 3 is 2.44 bits per heavy atom. The van der Waals surface area contributed by atoms with Crippen molar-refractivity contribution >= 4 is 11.9 Å². The first-order valence-corrected chi connectivity index (χ1v) is 5.94. The van der Waals surface area contributed by atoms with Crippen LogP contribution in [0.3, 0.4) is 0 Å². The van der Waals surface area contributed by atoms with Crippen LogP contribution in [0.4, 0.5) is 5.69 Å². The van der Waals surface area contributed by atoms with E-state index in [0.717, 1.165) is 21.6 Å². The molecular weight excluding hydrogens is 224 g/mol. The lowest BCUT2D eigenvalue weighted by Crippen LogP contribution is -2.36. The van der Waals surface area contributed by atoms with E-state index in [1.807, 2.05) is 66.5 Å². The van der Waals surface area contributed by atoms with Gasteiger partial charge < -0.3 is 10.1 Å². The standard InChI is InChI=1S/C15H14N2O/c1-16-14-10-6-5-9-13(14)11-17(18)15(16)12-7-3-2-4-8-12/h2-11,15H,1H3. The number of hydrogen-bond donors (Lipinski definition) is 0. The number of para-hydroxylation sites is 1. The van der Waals surface area contributed by atoms with Crippen LogP contribution in [-0.4, -0.2) is 18.0 Å². The third-order valence-corrected chi connectivity index (χ3v) is 3.29. The van der Waals surface area contributed by atoms with Crippen molar-refractivity contribution < 1.29 is 4.74 Å². The summed E-state index contributed by atoms with van der Waals surface area (Å²) in [7, 11) is 1.95. The van der Waals surface area contributed by atoms with Crippen LogP contribution in [0.15, 0.2) is 54.6 Å². The van der Waals surface area contributed by atoms with Gasteiger partial charge in [-0.3, -0.25) is 0 Å². The van der Waals surface area contributed by atoms with Crippen LogP contribution in [0.25, 0.3) is 0 Å². The van der Waals surface area contributed by atoms with E-state index in [2.05, 4.69) is 0 Å². The van der Waals surface area contributed by atoms with Crippen molar-refractivity contribution in [1.29, 1.82) is 0 Å². The second kappa shape index (κ2) is 4.18. The van der Waals surface area contributed by atoms with Gasteiger partial charge in [-0.25, -0.2) is 0 Å². The molecule has 18 heavy (non-hydrogen) atoms. The highest BCUT2D eigenvalue weighted by molar-refractivity contribution is 5.86. The van der Waals surface area contributed by atoms with E-state index in [1.165, 1.54) is 0 Å². The molecule has 1 aliphatic rings. The highest BCUT2D eigenvalue weighted by atomic mass is 16.5. The lowest BCUT2D eigenvalue weighted by Gasteiger charge is -2.32. The van der Waals surface area contributed by atoms with Gasteiger partial charge in [0.1, 0.15) is 0 Å². The molecule has 1 heterocycles. The molecule has 2 aromatic rings. The molecule has 0 amide bonds. The van der Waals surface area contributed by atoms with Crippen LogP contribution in [0.1, 0.15) is 17.3 Å². The monoisotopic (exact) mass is 238 g/mol. The Bertz CT molecular complexity index is 592. The number of rotatable bonds is 1. The number of hydrogen-bond acceptors (Lipinski definition) is 2. The van der Waals surface area contributed by atoms with E-state index in [0.29, 0.717) is 0 Å². The third kappa shape index (κ3) is 1.64. The van der Waals surface area contributed by atoms with Gasteiger partial charge in [-0.05, 0) is 12.1 Å². The van der Waals surface area contributed by atoms with Crippen molar-refractivity contribution in [3.8, 4) is 0 Å². The Kier molecular flexibility index (Phi) is 2.52. The molecule has 3 rings (SSSR count). The van der Waals surface area contributed by atoms with Crippen molar-refractivity contribution in [2.75, 3.05) is 11.9 Å². The maximum absolute atomic E-state index is 12.2. The number of hydroxylamine groups is 1. The van der Waals surface area contributed by atoms with E-state index < -0.39 is 0 Å². The molecule has 1 aliphatic heterocycles. The summed E-state index contributed by atoms with van der Waals surface area (Å²) in [6.07, 6.45) is 1.37. The van der Waals surface area contributed by atoms with Gasteiger partial charge in [0.05, 0.1) is 11.3 Å². The maximum Gasteiger partial charge on any atom is 0.265 e.